The van der Waals surface area contributed by atoms with Crippen LogP contribution < -0.4 is 5.73 Å². The Morgan fingerprint density at radius 1 is 1.38 bits per heavy atom. The lowest BCUT2D eigenvalue weighted by molar-refractivity contribution is 0.989. The first-order valence-electron chi connectivity index (χ1n) is 4.18. The molecule has 1 aromatic carbocycles. The summed E-state index contributed by atoms with van der Waals surface area (Å²) in [5.74, 6) is 0. The van der Waals surface area contributed by atoms with Gasteiger partial charge in [-0.3, -0.25) is 0 Å². The molecular weight excluding hydrogens is 246 g/mol. The number of hydrogen-bond donors (Lipinski definition) is 1. The van der Waals surface area contributed by atoms with E-state index in [1.807, 2.05) is 11.3 Å². The summed E-state index contributed by atoms with van der Waals surface area (Å²) < 4.78 is 2.50. The van der Waals surface area contributed by atoms with E-state index in [-0.39, 0.29) is 0 Å². The third-order valence-corrected chi connectivity index (χ3v) is 3.80. The monoisotopic (exact) mass is 255 g/mol. The maximum atomic E-state index is 5.52. The Morgan fingerprint density at radius 2 is 2.23 bits per heavy atom. The third-order valence-electron chi connectivity index (χ3n) is 1.95. The van der Waals surface area contributed by atoms with Crippen LogP contribution in [0.25, 0.3) is 10.1 Å². The first kappa shape index (κ1) is 9.19. The van der Waals surface area contributed by atoms with Crippen LogP contribution >= 0.6 is 27.3 Å². The second kappa shape index (κ2) is 3.78. The fourth-order valence-corrected chi connectivity index (χ4v) is 3.06. The van der Waals surface area contributed by atoms with Gasteiger partial charge >= 0.3 is 0 Å². The van der Waals surface area contributed by atoms with Crippen LogP contribution in [0, 0.1) is 0 Å². The van der Waals surface area contributed by atoms with Crippen molar-refractivity contribution < 1.29 is 0 Å². The molecule has 0 aliphatic rings. The van der Waals surface area contributed by atoms with Crippen LogP contribution in [0.5, 0.6) is 0 Å². The number of thiophene rings is 1. The average Bonchev–Trinajstić information content (AvgIpc) is 2.49. The predicted octanol–water partition coefficient (Wildman–Crippen LogP) is 3.17. The average molecular weight is 256 g/mol. The molecule has 2 rings (SSSR count). The van der Waals surface area contributed by atoms with Crippen LogP contribution in [0.3, 0.4) is 0 Å². The summed E-state index contributed by atoms with van der Waals surface area (Å²) in [6, 6.07) is 8.50. The first-order chi connectivity index (χ1) is 6.31. The highest BCUT2D eigenvalue weighted by Gasteiger charge is 2.03. The first-order valence-corrected chi connectivity index (χ1v) is 5.79. The van der Waals surface area contributed by atoms with Gasteiger partial charge in [0.2, 0.25) is 0 Å². The molecule has 68 valence electrons. The fraction of sp³-hybridized carbons (Fsp3) is 0.200. The molecule has 0 fully saturated rings. The zero-order chi connectivity index (χ0) is 9.26. The second-order valence-corrected chi connectivity index (χ2v) is 4.93. The van der Waals surface area contributed by atoms with Crippen molar-refractivity contribution in [1.29, 1.82) is 0 Å². The summed E-state index contributed by atoms with van der Waals surface area (Å²) in [5, 5.41) is 1.30. The lowest BCUT2D eigenvalue weighted by atomic mass is 10.2. The van der Waals surface area contributed by atoms with Crippen molar-refractivity contribution in [2.24, 2.45) is 5.73 Å². The van der Waals surface area contributed by atoms with Gasteiger partial charge in [0.05, 0.1) is 0 Å². The summed E-state index contributed by atoms with van der Waals surface area (Å²) >= 11 is 5.36. The normalized spacial score (nSPS) is 10.9. The van der Waals surface area contributed by atoms with Gasteiger partial charge in [0.15, 0.2) is 0 Å². The van der Waals surface area contributed by atoms with Crippen LogP contribution in [0.15, 0.2) is 28.7 Å². The molecule has 0 spiro atoms. The minimum absolute atomic E-state index is 0.727. The number of nitrogens with two attached hydrogens (primary N) is 1. The van der Waals surface area contributed by atoms with E-state index in [1.165, 1.54) is 19.4 Å². The van der Waals surface area contributed by atoms with Crippen LogP contribution in [-0.4, -0.2) is 6.54 Å². The summed E-state index contributed by atoms with van der Waals surface area (Å²) in [6.45, 7) is 0.727. The standard InChI is InChI=1S/C10H10BrNS/c11-9-2-1-3-10-8(9)6-7(13-10)4-5-12/h1-3,6H,4-5,12H2. The number of fused-ring (bicyclic) bond motifs is 1. The van der Waals surface area contributed by atoms with E-state index in [1.54, 1.807) is 0 Å². The Hall–Kier alpha value is -0.380. The fourth-order valence-electron chi connectivity index (χ4n) is 1.34. The quantitative estimate of drug-likeness (QED) is 0.877. The van der Waals surface area contributed by atoms with Crippen molar-refractivity contribution in [1.82, 2.24) is 0 Å². The van der Waals surface area contributed by atoms with Crippen molar-refractivity contribution in [2.45, 2.75) is 6.42 Å². The Bertz CT molecular complexity index is 422. The highest BCUT2D eigenvalue weighted by molar-refractivity contribution is 9.10. The van der Waals surface area contributed by atoms with E-state index >= 15 is 0 Å². The molecule has 1 aromatic heterocycles. The molecule has 0 aliphatic heterocycles. The highest BCUT2D eigenvalue weighted by atomic mass is 79.9. The molecule has 0 unspecified atom stereocenters. The molecule has 3 heteroatoms. The van der Waals surface area contributed by atoms with E-state index in [2.05, 4.69) is 40.2 Å². The lowest BCUT2D eigenvalue weighted by Crippen LogP contribution is -2.00. The molecule has 2 N–H and O–H groups in total. The summed E-state index contributed by atoms with van der Waals surface area (Å²) in [6.07, 6.45) is 0.978. The molecule has 0 saturated carbocycles. The minimum atomic E-state index is 0.727. The van der Waals surface area contributed by atoms with Crippen molar-refractivity contribution in [3.05, 3.63) is 33.6 Å². The molecule has 0 radical (unpaired) electrons. The molecule has 13 heavy (non-hydrogen) atoms. The van der Waals surface area contributed by atoms with Gasteiger partial charge in [0.1, 0.15) is 0 Å². The van der Waals surface area contributed by atoms with E-state index < -0.39 is 0 Å². The smallest absolute Gasteiger partial charge is 0.0357 e. The Labute approximate surface area is 89.7 Å². The van der Waals surface area contributed by atoms with E-state index in [4.69, 9.17) is 5.73 Å². The molecule has 2 aromatic rings. The molecule has 0 amide bonds. The second-order valence-electron chi connectivity index (χ2n) is 2.90. The Kier molecular flexibility index (Phi) is 2.67. The zero-order valence-corrected chi connectivity index (χ0v) is 9.49. The van der Waals surface area contributed by atoms with Gasteiger partial charge in [-0.05, 0) is 31.2 Å². The van der Waals surface area contributed by atoms with Crippen molar-refractivity contribution in [3.8, 4) is 0 Å². The van der Waals surface area contributed by atoms with Gasteiger partial charge in [0, 0.05) is 19.4 Å². The molecule has 1 heterocycles. The number of halogens is 1. The highest BCUT2D eigenvalue weighted by Crippen LogP contribution is 2.31. The van der Waals surface area contributed by atoms with Gasteiger partial charge < -0.3 is 5.73 Å². The van der Waals surface area contributed by atoms with E-state index in [0.717, 1.165) is 13.0 Å². The molecule has 0 aliphatic carbocycles. The van der Waals surface area contributed by atoms with Crippen molar-refractivity contribution >= 4 is 37.4 Å². The van der Waals surface area contributed by atoms with Crippen LogP contribution in [0.2, 0.25) is 0 Å². The SMILES string of the molecule is NCCc1cc2c(Br)cccc2s1. The molecular formula is C10H10BrNS. The largest absolute Gasteiger partial charge is 0.330 e. The van der Waals surface area contributed by atoms with E-state index in [9.17, 15) is 0 Å². The van der Waals surface area contributed by atoms with Crippen LogP contribution in [0.4, 0.5) is 0 Å². The molecule has 0 bridgehead atoms. The molecule has 0 saturated heterocycles. The Morgan fingerprint density at radius 3 is 2.92 bits per heavy atom. The number of benzene rings is 1. The van der Waals surface area contributed by atoms with Crippen LogP contribution in [-0.2, 0) is 6.42 Å². The topological polar surface area (TPSA) is 26.0 Å². The number of rotatable bonds is 2. The van der Waals surface area contributed by atoms with Gasteiger partial charge in [-0.1, -0.05) is 22.0 Å². The van der Waals surface area contributed by atoms with E-state index in [0.29, 0.717) is 0 Å². The van der Waals surface area contributed by atoms with Gasteiger partial charge in [-0.2, -0.15) is 0 Å². The van der Waals surface area contributed by atoms with Crippen molar-refractivity contribution in [3.63, 3.8) is 0 Å². The van der Waals surface area contributed by atoms with Gasteiger partial charge in [-0.25, -0.2) is 0 Å². The third kappa shape index (κ3) is 1.77. The molecule has 1 nitrogen and oxygen atoms in total. The summed E-state index contributed by atoms with van der Waals surface area (Å²) in [4.78, 5) is 1.37. The zero-order valence-electron chi connectivity index (χ0n) is 7.09. The Balaban J connectivity index is 2.55. The maximum Gasteiger partial charge on any atom is 0.0357 e. The lowest BCUT2D eigenvalue weighted by Gasteiger charge is -1.90. The maximum absolute atomic E-state index is 5.52. The predicted molar refractivity (Wildman–Crippen MR) is 62.3 cm³/mol. The number of hydrogen-bond acceptors (Lipinski definition) is 2. The van der Waals surface area contributed by atoms with Crippen molar-refractivity contribution in [2.75, 3.05) is 6.54 Å². The van der Waals surface area contributed by atoms with Gasteiger partial charge in [-0.15, -0.1) is 11.3 Å². The van der Waals surface area contributed by atoms with Gasteiger partial charge in [0.25, 0.3) is 0 Å². The summed E-state index contributed by atoms with van der Waals surface area (Å²) in [5.41, 5.74) is 5.52. The summed E-state index contributed by atoms with van der Waals surface area (Å²) in [7, 11) is 0. The van der Waals surface area contributed by atoms with Crippen LogP contribution in [0.1, 0.15) is 4.88 Å². The molecule has 0 atom stereocenters. The minimum Gasteiger partial charge on any atom is -0.330 e.